The van der Waals surface area contributed by atoms with E-state index in [1.807, 2.05) is 11.9 Å². The number of hydrogen-bond donors (Lipinski definition) is 0. The molecule has 3 rings (SSSR count). The minimum absolute atomic E-state index is 0.00326. The number of carbonyl (C=O) groups excluding carboxylic acids is 1. The molecule has 1 aliphatic carbocycles. The van der Waals surface area contributed by atoms with Gasteiger partial charge < -0.3 is 9.80 Å². The third-order valence-electron chi connectivity index (χ3n) is 6.42. The summed E-state index contributed by atoms with van der Waals surface area (Å²) in [6.07, 6.45) is -1.50. The second-order valence-corrected chi connectivity index (χ2v) is 10.7. The predicted molar refractivity (Wildman–Crippen MR) is 111 cm³/mol. The summed E-state index contributed by atoms with van der Waals surface area (Å²) in [5.41, 5.74) is -0.877. The molecule has 2 fully saturated rings. The highest BCUT2D eigenvalue weighted by atomic mass is 32.2. The number of alkyl halides is 3. The topological polar surface area (TPSA) is 60.9 Å². The molecule has 1 saturated carbocycles. The molecule has 10 heteroatoms. The Labute approximate surface area is 182 Å². The van der Waals surface area contributed by atoms with E-state index in [-0.39, 0.29) is 22.6 Å². The monoisotopic (exact) mass is 461 g/mol. The van der Waals surface area contributed by atoms with Gasteiger partial charge in [0.25, 0.3) is 0 Å². The molecule has 0 N–H and O–H groups in total. The summed E-state index contributed by atoms with van der Waals surface area (Å²) >= 11 is 0. The van der Waals surface area contributed by atoms with E-state index in [0.29, 0.717) is 6.54 Å². The molecule has 2 aliphatic rings. The van der Waals surface area contributed by atoms with Crippen LogP contribution in [0.1, 0.15) is 31.2 Å². The van der Waals surface area contributed by atoms with E-state index in [1.165, 1.54) is 11.4 Å². The largest absolute Gasteiger partial charge is 0.416 e. The van der Waals surface area contributed by atoms with E-state index in [9.17, 15) is 26.4 Å². The van der Waals surface area contributed by atoms with Crippen molar-refractivity contribution in [3.05, 3.63) is 29.8 Å². The lowest BCUT2D eigenvalue weighted by molar-refractivity contribution is -0.138. The van der Waals surface area contributed by atoms with Crippen molar-refractivity contribution in [1.82, 2.24) is 14.1 Å². The second-order valence-electron chi connectivity index (χ2n) is 8.65. The number of nitrogens with zero attached hydrogens (tertiary/aromatic N) is 3. The third-order valence-corrected chi connectivity index (χ3v) is 8.25. The maximum Gasteiger partial charge on any atom is 0.416 e. The van der Waals surface area contributed by atoms with Crippen molar-refractivity contribution < 1.29 is 26.4 Å². The van der Waals surface area contributed by atoms with Crippen molar-refractivity contribution in [3.8, 4) is 0 Å². The van der Waals surface area contributed by atoms with Gasteiger partial charge >= 0.3 is 6.18 Å². The van der Waals surface area contributed by atoms with Crippen molar-refractivity contribution in [2.24, 2.45) is 11.8 Å². The van der Waals surface area contributed by atoms with Gasteiger partial charge in [0, 0.05) is 45.7 Å². The molecule has 0 bridgehead atoms. The highest BCUT2D eigenvalue weighted by Crippen LogP contribution is 2.33. The SMILES string of the molecule is CN1CCN(C(=O)C2CCC(CN(C)S(=O)(=O)c3ccc(C(F)(F)F)cc3)CC2)CC1. The fraction of sp³-hybridized carbons (Fsp3) is 0.667. The summed E-state index contributed by atoms with van der Waals surface area (Å²) in [7, 11) is -0.370. The number of rotatable bonds is 5. The molecule has 1 aromatic carbocycles. The summed E-state index contributed by atoms with van der Waals surface area (Å²) < 4.78 is 64.9. The number of sulfonamides is 1. The number of amides is 1. The standard InChI is InChI=1S/C21H30F3N3O3S/c1-25-11-13-27(14-12-25)20(28)17-5-3-16(4-6-17)15-26(2)31(29,30)19-9-7-18(8-10-19)21(22,23)24/h7-10,16-17H,3-6,11-15H2,1-2H3. The Kier molecular flexibility index (Phi) is 7.32. The molecule has 0 aromatic heterocycles. The van der Waals surface area contributed by atoms with E-state index >= 15 is 0 Å². The lowest BCUT2D eigenvalue weighted by Crippen LogP contribution is -2.49. The van der Waals surface area contributed by atoms with Gasteiger partial charge in [-0.3, -0.25) is 4.79 Å². The minimum atomic E-state index is -4.51. The van der Waals surface area contributed by atoms with Gasteiger partial charge in [-0.05, 0) is 62.9 Å². The van der Waals surface area contributed by atoms with Crippen LogP contribution in [0.25, 0.3) is 0 Å². The molecule has 0 spiro atoms. The molecule has 1 heterocycles. The molecule has 31 heavy (non-hydrogen) atoms. The molecule has 1 aliphatic heterocycles. The van der Waals surface area contributed by atoms with Crippen LogP contribution in [0.3, 0.4) is 0 Å². The van der Waals surface area contributed by atoms with Gasteiger partial charge in [-0.15, -0.1) is 0 Å². The van der Waals surface area contributed by atoms with Gasteiger partial charge in [-0.1, -0.05) is 0 Å². The van der Waals surface area contributed by atoms with E-state index < -0.39 is 21.8 Å². The fourth-order valence-electron chi connectivity index (χ4n) is 4.33. The lowest BCUT2D eigenvalue weighted by atomic mass is 9.81. The first kappa shape index (κ1) is 24.0. The second kappa shape index (κ2) is 9.46. The molecule has 0 unspecified atom stereocenters. The van der Waals surface area contributed by atoms with Gasteiger partial charge in [0.1, 0.15) is 0 Å². The quantitative estimate of drug-likeness (QED) is 0.677. The van der Waals surface area contributed by atoms with Crippen molar-refractivity contribution in [3.63, 3.8) is 0 Å². The molecule has 0 radical (unpaired) electrons. The average molecular weight is 462 g/mol. The summed E-state index contributed by atoms with van der Waals surface area (Å²) in [6, 6.07) is 3.58. The lowest BCUT2D eigenvalue weighted by Gasteiger charge is -2.37. The van der Waals surface area contributed by atoms with Crippen LogP contribution >= 0.6 is 0 Å². The molecule has 1 amide bonds. The number of halogens is 3. The number of carbonyl (C=O) groups is 1. The van der Waals surface area contributed by atoms with Gasteiger partial charge in [-0.2, -0.15) is 13.2 Å². The van der Waals surface area contributed by atoms with Crippen LogP contribution in [0.2, 0.25) is 0 Å². The molecule has 6 nitrogen and oxygen atoms in total. The van der Waals surface area contributed by atoms with Crippen LogP contribution in [-0.2, 0) is 21.0 Å². The number of benzene rings is 1. The Morgan fingerprint density at radius 3 is 2.10 bits per heavy atom. The van der Waals surface area contributed by atoms with Crippen LogP contribution in [-0.4, -0.2) is 75.2 Å². The van der Waals surface area contributed by atoms with Crippen molar-refractivity contribution in [2.45, 2.75) is 36.8 Å². The Bertz CT molecular complexity index is 858. The van der Waals surface area contributed by atoms with Gasteiger partial charge in [0.15, 0.2) is 0 Å². The number of hydrogen-bond acceptors (Lipinski definition) is 4. The number of piperazine rings is 1. The fourth-order valence-corrected chi connectivity index (χ4v) is 5.58. The Hall–Kier alpha value is -1.65. The van der Waals surface area contributed by atoms with Gasteiger partial charge in [0.05, 0.1) is 10.5 Å². The summed E-state index contributed by atoms with van der Waals surface area (Å²) in [5, 5.41) is 0. The molecular weight excluding hydrogens is 431 g/mol. The van der Waals surface area contributed by atoms with E-state index in [0.717, 1.165) is 76.1 Å². The first-order valence-electron chi connectivity index (χ1n) is 10.6. The molecular formula is C21H30F3N3O3S. The van der Waals surface area contributed by atoms with Crippen LogP contribution in [0.5, 0.6) is 0 Å². The smallest absolute Gasteiger partial charge is 0.340 e. The van der Waals surface area contributed by atoms with E-state index in [4.69, 9.17) is 0 Å². The maximum absolute atomic E-state index is 12.8. The van der Waals surface area contributed by atoms with Crippen LogP contribution < -0.4 is 0 Å². The van der Waals surface area contributed by atoms with Gasteiger partial charge in [0.2, 0.25) is 15.9 Å². The third kappa shape index (κ3) is 5.78. The molecule has 1 saturated heterocycles. The zero-order valence-electron chi connectivity index (χ0n) is 17.9. The van der Waals surface area contributed by atoms with Crippen LogP contribution in [0.15, 0.2) is 29.2 Å². The molecule has 174 valence electrons. The van der Waals surface area contributed by atoms with Crippen molar-refractivity contribution in [1.29, 1.82) is 0 Å². The highest BCUT2D eigenvalue weighted by Gasteiger charge is 2.33. The van der Waals surface area contributed by atoms with Crippen molar-refractivity contribution >= 4 is 15.9 Å². The maximum atomic E-state index is 12.8. The number of likely N-dealkylation sites (N-methyl/N-ethyl adjacent to an activating group) is 1. The first-order valence-corrected chi connectivity index (χ1v) is 12.0. The van der Waals surface area contributed by atoms with Crippen LogP contribution in [0, 0.1) is 11.8 Å². The average Bonchev–Trinajstić information content (AvgIpc) is 2.74. The Morgan fingerprint density at radius 2 is 1.58 bits per heavy atom. The Morgan fingerprint density at radius 1 is 1.03 bits per heavy atom. The summed E-state index contributed by atoms with van der Waals surface area (Å²) in [6.45, 7) is 3.56. The Balaban J connectivity index is 1.53. The van der Waals surface area contributed by atoms with Crippen molar-refractivity contribution in [2.75, 3.05) is 46.8 Å². The van der Waals surface area contributed by atoms with Crippen LogP contribution in [0.4, 0.5) is 13.2 Å². The van der Waals surface area contributed by atoms with E-state index in [2.05, 4.69) is 4.90 Å². The highest BCUT2D eigenvalue weighted by molar-refractivity contribution is 7.89. The zero-order chi connectivity index (χ0) is 22.8. The first-order chi connectivity index (χ1) is 14.5. The predicted octanol–water partition coefficient (Wildman–Crippen LogP) is 2.91. The zero-order valence-corrected chi connectivity index (χ0v) is 18.8. The van der Waals surface area contributed by atoms with Gasteiger partial charge in [-0.25, -0.2) is 12.7 Å². The van der Waals surface area contributed by atoms with E-state index in [1.54, 1.807) is 0 Å². The molecule has 0 atom stereocenters. The summed E-state index contributed by atoms with van der Waals surface area (Å²) in [5.74, 6) is 0.333. The summed E-state index contributed by atoms with van der Waals surface area (Å²) in [4.78, 5) is 16.7. The molecule has 1 aromatic rings. The minimum Gasteiger partial charge on any atom is -0.340 e. The normalized spacial score (nSPS) is 23.9.